The molecule has 60 heavy (non-hydrogen) atoms. The third-order valence-electron chi connectivity index (χ3n) is 12.5. The van der Waals surface area contributed by atoms with Gasteiger partial charge in [-0.25, -0.2) is 0 Å². The minimum absolute atomic E-state index is 0.113. The SMILES string of the molecule is CC(C)(C)[Si]1(C(C)(C)C)OC[C@H]2O[C@H]3C=CC(=O)[C@H](C[C@H]4O[C@@H](COCc5ccccc5)[C@H](OCc5ccccc5)C[C@@H]4OCc4ccc5ccccc5c4)O[C@@H]3C[C@@H]2O1. The van der Waals surface area contributed by atoms with Gasteiger partial charge < -0.3 is 37.3 Å². The van der Waals surface area contributed by atoms with Gasteiger partial charge in [0.2, 0.25) is 0 Å². The number of ketones is 1. The van der Waals surface area contributed by atoms with Crippen molar-refractivity contribution in [1.82, 2.24) is 0 Å². The van der Waals surface area contributed by atoms with Gasteiger partial charge in [0, 0.05) is 29.3 Å². The van der Waals surface area contributed by atoms with Crippen LogP contribution in [-0.2, 0) is 61.9 Å². The van der Waals surface area contributed by atoms with Crippen LogP contribution in [0.15, 0.2) is 115 Å². The van der Waals surface area contributed by atoms with Crippen LogP contribution in [0, 0.1) is 0 Å². The molecule has 3 fully saturated rings. The van der Waals surface area contributed by atoms with Crippen LogP contribution in [0.1, 0.15) is 77.5 Å². The number of hydrogen-bond donors (Lipinski definition) is 0. The molecule has 0 radical (unpaired) electrons. The van der Waals surface area contributed by atoms with Crippen LogP contribution in [0.2, 0.25) is 10.1 Å². The van der Waals surface area contributed by atoms with Crippen LogP contribution in [-0.4, -0.2) is 82.5 Å². The molecule has 4 heterocycles. The van der Waals surface area contributed by atoms with Gasteiger partial charge in [0.1, 0.15) is 24.4 Å². The van der Waals surface area contributed by atoms with E-state index in [-0.39, 0.29) is 40.3 Å². The maximum absolute atomic E-state index is 14.0. The molecular weight excluding hydrogens is 773 g/mol. The van der Waals surface area contributed by atoms with Gasteiger partial charge in [0.05, 0.1) is 63.6 Å². The second-order valence-corrected chi connectivity index (χ2v) is 23.7. The summed E-state index contributed by atoms with van der Waals surface area (Å²) in [6, 6.07) is 35.0. The fourth-order valence-electron chi connectivity index (χ4n) is 9.59. The molecule has 4 aliphatic heterocycles. The molecule has 0 aromatic heterocycles. The molecule has 10 heteroatoms. The summed E-state index contributed by atoms with van der Waals surface area (Å²) in [5.41, 5.74) is 3.22. The molecule has 320 valence electrons. The Morgan fingerprint density at radius 1 is 0.633 bits per heavy atom. The highest BCUT2D eigenvalue weighted by atomic mass is 28.4. The van der Waals surface area contributed by atoms with E-state index in [9.17, 15) is 4.79 Å². The van der Waals surface area contributed by atoms with Crippen LogP contribution in [0.4, 0.5) is 0 Å². The Balaban J connectivity index is 1.03. The summed E-state index contributed by atoms with van der Waals surface area (Å²) in [7, 11) is -2.75. The molecule has 4 aliphatic rings. The Bertz CT molecular complexity index is 2050. The fourth-order valence-corrected chi connectivity index (χ4v) is 14.6. The summed E-state index contributed by atoms with van der Waals surface area (Å²) in [5.74, 6) is -0.113. The van der Waals surface area contributed by atoms with E-state index in [0.29, 0.717) is 52.3 Å². The van der Waals surface area contributed by atoms with E-state index in [1.807, 2.05) is 48.5 Å². The van der Waals surface area contributed by atoms with Gasteiger partial charge in [-0.05, 0) is 45.7 Å². The molecule has 3 saturated heterocycles. The highest BCUT2D eigenvalue weighted by molar-refractivity contribution is 6.73. The average molecular weight is 835 g/mol. The Kier molecular flexibility index (Phi) is 13.2. The second kappa shape index (κ2) is 18.4. The summed E-state index contributed by atoms with van der Waals surface area (Å²) in [6.07, 6.45) is 1.36. The highest BCUT2D eigenvalue weighted by Crippen LogP contribution is 2.55. The van der Waals surface area contributed by atoms with Crippen LogP contribution in [0.3, 0.4) is 0 Å². The molecule has 0 amide bonds. The lowest BCUT2D eigenvalue weighted by Crippen LogP contribution is -2.67. The van der Waals surface area contributed by atoms with Crippen molar-refractivity contribution < 1.29 is 42.1 Å². The molecule has 0 aliphatic carbocycles. The standard InChI is InChI=1S/C50H62O9Si/c1-49(2,3)60(50(4,5)6)55-33-48-46(59-60)28-44-40(56-48)24-23-39(51)41(57-44)26-45-42(54-31-36-21-22-37-19-13-14-20-38(37)25-36)27-43(53-30-35-17-11-8-12-18-35)47(58-45)32-52-29-34-15-9-7-10-16-34/h7-25,40-48H,26-33H2,1-6H3/t40-,41-,42-,43+,44+,45+,46-,47-,48+/m0/s1. The summed E-state index contributed by atoms with van der Waals surface area (Å²) in [5, 5.41) is 2.00. The lowest BCUT2D eigenvalue weighted by Gasteiger charge is -2.56. The van der Waals surface area contributed by atoms with E-state index in [4.69, 9.17) is 37.3 Å². The molecular formula is C50H62O9Si. The zero-order valence-electron chi connectivity index (χ0n) is 36.0. The van der Waals surface area contributed by atoms with E-state index >= 15 is 0 Å². The topological polar surface area (TPSA) is 90.9 Å². The highest BCUT2D eigenvalue weighted by Gasteiger charge is 2.63. The van der Waals surface area contributed by atoms with Crippen LogP contribution >= 0.6 is 0 Å². The number of carbonyl (C=O) groups excluding carboxylic acids is 1. The van der Waals surface area contributed by atoms with E-state index < -0.39 is 39.1 Å². The molecule has 8 rings (SSSR count). The molecule has 0 spiro atoms. The van der Waals surface area contributed by atoms with Crippen molar-refractivity contribution in [3.63, 3.8) is 0 Å². The molecule has 0 N–H and O–H groups in total. The first-order chi connectivity index (χ1) is 28.8. The Hall–Kier alpha value is -3.55. The predicted molar refractivity (Wildman–Crippen MR) is 234 cm³/mol. The van der Waals surface area contributed by atoms with E-state index in [2.05, 4.69) is 102 Å². The Labute approximate surface area is 356 Å². The van der Waals surface area contributed by atoms with Crippen molar-refractivity contribution in [2.24, 2.45) is 0 Å². The fraction of sp³-hybridized carbons (Fsp3) is 0.500. The molecule has 9 nitrogen and oxygen atoms in total. The van der Waals surface area contributed by atoms with E-state index in [1.165, 1.54) is 5.39 Å². The third kappa shape index (κ3) is 9.73. The van der Waals surface area contributed by atoms with Crippen molar-refractivity contribution >= 4 is 25.1 Å². The minimum Gasteiger partial charge on any atom is -0.391 e. The number of carbonyl (C=O) groups is 1. The van der Waals surface area contributed by atoms with Crippen molar-refractivity contribution in [2.75, 3.05) is 13.2 Å². The zero-order chi connectivity index (χ0) is 41.9. The maximum atomic E-state index is 14.0. The number of benzene rings is 4. The van der Waals surface area contributed by atoms with E-state index in [0.717, 1.165) is 22.1 Å². The van der Waals surface area contributed by atoms with Gasteiger partial charge in [-0.1, -0.05) is 139 Å². The predicted octanol–water partition coefficient (Wildman–Crippen LogP) is 9.58. The first-order valence-electron chi connectivity index (χ1n) is 21.7. The third-order valence-corrected chi connectivity index (χ3v) is 17.7. The van der Waals surface area contributed by atoms with Gasteiger partial charge in [0.25, 0.3) is 0 Å². The number of fused-ring (bicyclic) bond motifs is 3. The van der Waals surface area contributed by atoms with Gasteiger partial charge in [-0.15, -0.1) is 0 Å². The van der Waals surface area contributed by atoms with Crippen LogP contribution < -0.4 is 0 Å². The van der Waals surface area contributed by atoms with Crippen molar-refractivity contribution in [1.29, 1.82) is 0 Å². The normalized spacial score (nSPS) is 29.4. The zero-order valence-corrected chi connectivity index (χ0v) is 37.0. The largest absolute Gasteiger partial charge is 0.391 e. The quantitative estimate of drug-likeness (QED) is 0.130. The number of ether oxygens (including phenoxy) is 6. The molecule has 0 bridgehead atoms. The molecule has 0 saturated carbocycles. The molecule has 9 atom stereocenters. The number of hydrogen-bond acceptors (Lipinski definition) is 9. The van der Waals surface area contributed by atoms with Gasteiger partial charge in [0.15, 0.2) is 5.78 Å². The lowest BCUT2D eigenvalue weighted by atomic mass is 9.93. The minimum atomic E-state index is -2.75. The maximum Gasteiger partial charge on any atom is 0.349 e. The molecule has 4 aromatic rings. The second-order valence-electron chi connectivity index (χ2n) is 18.9. The van der Waals surface area contributed by atoms with Gasteiger partial charge in [-0.3, -0.25) is 4.79 Å². The monoisotopic (exact) mass is 834 g/mol. The average Bonchev–Trinajstić information content (AvgIpc) is 3.38. The van der Waals surface area contributed by atoms with Crippen molar-refractivity contribution in [3.8, 4) is 0 Å². The Morgan fingerprint density at radius 3 is 1.97 bits per heavy atom. The van der Waals surface area contributed by atoms with Crippen molar-refractivity contribution in [2.45, 2.75) is 146 Å². The first kappa shape index (κ1) is 43.1. The Morgan fingerprint density at radius 2 is 1.27 bits per heavy atom. The van der Waals surface area contributed by atoms with Gasteiger partial charge in [-0.2, -0.15) is 0 Å². The lowest BCUT2D eigenvalue weighted by molar-refractivity contribution is -0.230. The van der Waals surface area contributed by atoms with Crippen LogP contribution in [0.5, 0.6) is 0 Å². The number of rotatable bonds is 12. The summed E-state index contributed by atoms with van der Waals surface area (Å²) >= 11 is 0. The summed E-state index contributed by atoms with van der Waals surface area (Å²) in [4.78, 5) is 14.0. The summed E-state index contributed by atoms with van der Waals surface area (Å²) < 4.78 is 54.1. The molecule has 4 aromatic carbocycles. The molecule has 0 unspecified atom stereocenters. The van der Waals surface area contributed by atoms with Gasteiger partial charge >= 0.3 is 8.56 Å². The smallest absolute Gasteiger partial charge is 0.349 e. The summed E-state index contributed by atoms with van der Waals surface area (Å²) in [6.45, 7) is 15.3. The first-order valence-corrected chi connectivity index (χ1v) is 23.5. The van der Waals surface area contributed by atoms with Crippen LogP contribution in [0.25, 0.3) is 10.8 Å². The van der Waals surface area contributed by atoms with Crippen molar-refractivity contribution in [3.05, 3.63) is 132 Å². The van der Waals surface area contributed by atoms with E-state index in [1.54, 1.807) is 6.08 Å².